The van der Waals surface area contributed by atoms with Crippen molar-refractivity contribution in [2.75, 3.05) is 59.5 Å². The molecule has 0 aromatic heterocycles. The molecule has 6 heteroatoms. The van der Waals surface area contributed by atoms with Crippen molar-refractivity contribution in [3.63, 3.8) is 0 Å². The fourth-order valence-corrected chi connectivity index (χ4v) is 4.74. The maximum Gasteiger partial charge on any atom is 0.254 e. The molecule has 0 saturated carbocycles. The molecule has 0 aromatic rings. The molecule has 3 aliphatic heterocycles. The van der Waals surface area contributed by atoms with Gasteiger partial charge in [0.2, 0.25) is 0 Å². The number of hydrogen-bond acceptors (Lipinski definition) is 5. The molecule has 3 fully saturated rings. The van der Waals surface area contributed by atoms with Crippen LogP contribution < -0.4 is 5.32 Å². The highest BCUT2D eigenvalue weighted by atomic mass is 16.5. The number of likely N-dealkylation sites (tertiary alicyclic amines) is 1. The van der Waals surface area contributed by atoms with Crippen molar-refractivity contribution >= 4 is 5.91 Å². The molecular formula is C19H36N4O2. The van der Waals surface area contributed by atoms with Crippen LogP contribution in [0, 0.1) is 0 Å². The van der Waals surface area contributed by atoms with Gasteiger partial charge >= 0.3 is 0 Å². The van der Waals surface area contributed by atoms with Gasteiger partial charge in [0.15, 0.2) is 0 Å². The third-order valence-corrected chi connectivity index (χ3v) is 6.66. The summed E-state index contributed by atoms with van der Waals surface area (Å²) in [4.78, 5) is 20.2. The highest BCUT2D eigenvalue weighted by molar-refractivity contribution is 5.85. The average Bonchev–Trinajstić information content (AvgIpc) is 2.98. The smallest absolute Gasteiger partial charge is 0.254 e. The van der Waals surface area contributed by atoms with Gasteiger partial charge in [0.1, 0.15) is 5.60 Å². The minimum Gasteiger partial charge on any atom is -0.368 e. The number of methoxy groups -OCH3 is 1. The van der Waals surface area contributed by atoms with E-state index in [9.17, 15) is 4.79 Å². The third-order valence-electron chi connectivity index (χ3n) is 6.66. The number of piperidine rings is 1. The van der Waals surface area contributed by atoms with Gasteiger partial charge in [-0.05, 0) is 52.6 Å². The Balaban J connectivity index is 1.46. The highest BCUT2D eigenvalue weighted by Gasteiger charge is 2.43. The zero-order valence-corrected chi connectivity index (χ0v) is 16.3. The fourth-order valence-electron chi connectivity index (χ4n) is 4.74. The number of hydrogen-bond donors (Lipinski definition) is 1. The number of rotatable bonds is 5. The second kappa shape index (κ2) is 8.33. The van der Waals surface area contributed by atoms with Crippen LogP contribution in [-0.4, -0.2) is 97.8 Å². The Hall–Kier alpha value is -0.690. The van der Waals surface area contributed by atoms with E-state index in [4.69, 9.17) is 4.74 Å². The average molecular weight is 353 g/mol. The van der Waals surface area contributed by atoms with Gasteiger partial charge in [-0.25, -0.2) is 0 Å². The molecule has 2 unspecified atom stereocenters. The Morgan fingerprint density at radius 1 is 1.04 bits per heavy atom. The normalized spacial score (nSPS) is 31.4. The van der Waals surface area contributed by atoms with Gasteiger partial charge in [-0.3, -0.25) is 14.6 Å². The molecule has 2 atom stereocenters. The maximum absolute atomic E-state index is 13.0. The van der Waals surface area contributed by atoms with Crippen molar-refractivity contribution in [3.05, 3.63) is 0 Å². The van der Waals surface area contributed by atoms with Gasteiger partial charge in [0.05, 0.1) is 0 Å². The number of ether oxygens (including phenoxy) is 1. The van der Waals surface area contributed by atoms with E-state index in [1.165, 1.54) is 12.8 Å². The van der Waals surface area contributed by atoms with Gasteiger partial charge in [0, 0.05) is 58.5 Å². The molecule has 0 bridgehead atoms. The second-order valence-corrected chi connectivity index (χ2v) is 8.10. The third kappa shape index (κ3) is 4.18. The molecule has 1 N–H and O–H groups in total. The quantitative estimate of drug-likeness (QED) is 0.792. The zero-order chi connectivity index (χ0) is 17.9. The number of carbonyl (C=O) groups excluding carboxylic acids is 1. The number of carbonyl (C=O) groups is 1. The lowest BCUT2D eigenvalue weighted by atomic mass is 9.90. The van der Waals surface area contributed by atoms with Crippen LogP contribution in [0.3, 0.4) is 0 Å². The Kier molecular flexibility index (Phi) is 6.36. The van der Waals surface area contributed by atoms with E-state index < -0.39 is 5.60 Å². The first-order valence-corrected chi connectivity index (χ1v) is 10.1. The summed E-state index contributed by atoms with van der Waals surface area (Å²) < 4.78 is 5.71. The lowest BCUT2D eigenvalue weighted by Gasteiger charge is -2.42. The van der Waals surface area contributed by atoms with Crippen LogP contribution in [0.2, 0.25) is 0 Å². The van der Waals surface area contributed by atoms with E-state index in [-0.39, 0.29) is 5.91 Å². The predicted octanol–water partition coefficient (Wildman–Crippen LogP) is 0.772. The number of nitrogens with zero attached hydrogens (tertiary/aromatic N) is 3. The largest absolute Gasteiger partial charge is 0.368 e. The molecule has 25 heavy (non-hydrogen) atoms. The summed E-state index contributed by atoms with van der Waals surface area (Å²) in [6.07, 6.45) is 4.23. The zero-order valence-electron chi connectivity index (χ0n) is 16.3. The summed E-state index contributed by atoms with van der Waals surface area (Å²) in [5.41, 5.74) is -0.589. The van der Waals surface area contributed by atoms with Crippen LogP contribution in [0.4, 0.5) is 0 Å². The predicted molar refractivity (Wildman–Crippen MR) is 99.7 cm³/mol. The Labute approximate surface area is 152 Å². The standard InChI is InChI=1S/C19H36N4O2/c1-16-4-5-17(2)23(16)15-12-21-10-13-22(14-11-21)18(24)19(25-3)6-8-20-9-7-19/h16-17,20H,4-15H2,1-3H3. The molecule has 6 nitrogen and oxygen atoms in total. The van der Waals surface area contributed by atoms with Crippen molar-refractivity contribution in [1.82, 2.24) is 20.0 Å². The van der Waals surface area contributed by atoms with Crippen molar-refractivity contribution in [1.29, 1.82) is 0 Å². The first-order valence-electron chi connectivity index (χ1n) is 10.1. The van der Waals surface area contributed by atoms with Crippen molar-refractivity contribution < 1.29 is 9.53 Å². The fraction of sp³-hybridized carbons (Fsp3) is 0.947. The first-order chi connectivity index (χ1) is 12.1. The van der Waals surface area contributed by atoms with Crippen LogP contribution in [0.25, 0.3) is 0 Å². The van der Waals surface area contributed by atoms with Gasteiger partial charge in [-0.2, -0.15) is 0 Å². The Morgan fingerprint density at radius 3 is 2.20 bits per heavy atom. The number of nitrogens with one attached hydrogen (secondary N) is 1. The SMILES string of the molecule is COC1(C(=O)N2CCN(CCN3C(C)CCC3C)CC2)CCNCC1. The lowest BCUT2D eigenvalue weighted by molar-refractivity contribution is -0.160. The van der Waals surface area contributed by atoms with E-state index in [0.717, 1.165) is 77.3 Å². The molecule has 0 spiro atoms. The minimum absolute atomic E-state index is 0.206. The minimum atomic E-state index is -0.589. The van der Waals surface area contributed by atoms with Crippen LogP contribution in [0.5, 0.6) is 0 Å². The Morgan fingerprint density at radius 2 is 1.64 bits per heavy atom. The lowest BCUT2D eigenvalue weighted by Crippen LogP contribution is -2.59. The van der Waals surface area contributed by atoms with E-state index in [2.05, 4.69) is 29.0 Å². The maximum atomic E-state index is 13.0. The van der Waals surface area contributed by atoms with E-state index in [1.807, 2.05) is 4.90 Å². The van der Waals surface area contributed by atoms with E-state index >= 15 is 0 Å². The van der Waals surface area contributed by atoms with Gasteiger partial charge in [-0.15, -0.1) is 0 Å². The summed E-state index contributed by atoms with van der Waals surface area (Å²) in [5.74, 6) is 0.206. The summed E-state index contributed by atoms with van der Waals surface area (Å²) in [5, 5.41) is 3.33. The molecule has 3 aliphatic rings. The van der Waals surface area contributed by atoms with Gasteiger partial charge in [-0.1, -0.05) is 0 Å². The second-order valence-electron chi connectivity index (χ2n) is 8.10. The molecule has 3 rings (SSSR count). The van der Waals surface area contributed by atoms with E-state index in [0.29, 0.717) is 0 Å². The first kappa shape index (κ1) is 19.1. The van der Waals surface area contributed by atoms with Crippen molar-refractivity contribution in [2.24, 2.45) is 0 Å². The van der Waals surface area contributed by atoms with Gasteiger partial charge in [0.25, 0.3) is 5.91 Å². The van der Waals surface area contributed by atoms with Crippen molar-refractivity contribution in [3.8, 4) is 0 Å². The van der Waals surface area contributed by atoms with E-state index in [1.54, 1.807) is 7.11 Å². The molecule has 0 aliphatic carbocycles. The molecule has 0 aromatic carbocycles. The Bertz CT molecular complexity index is 435. The summed E-state index contributed by atoms with van der Waals surface area (Å²) in [7, 11) is 1.69. The summed E-state index contributed by atoms with van der Waals surface area (Å²) in [6.45, 7) is 12.4. The molecule has 3 heterocycles. The highest BCUT2D eigenvalue weighted by Crippen LogP contribution is 2.26. The van der Waals surface area contributed by atoms with Gasteiger partial charge < -0.3 is 15.0 Å². The van der Waals surface area contributed by atoms with Crippen LogP contribution in [0.15, 0.2) is 0 Å². The molecule has 1 amide bonds. The van der Waals surface area contributed by atoms with Crippen LogP contribution in [-0.2, 0) is 9.53 Å². The van der Waals surface area contributed by atoms with Crippen LogP contribution >= 0.6 is 0 Å². The number of piperazine rings is 1. The molecule has 0 radical (unpaired) electrons. The summed E-state index contributed by atoms with van der Waals surface area (Å²) >= 11 is 0. The summed E-state index contributed by atoms with van der Waals surface area (Å²) in [6, 6.07) is 1.44. The number of amides is 1. The topological polar surface area (TPSA) is 48.1 Å². The molecular weight excluding hydrogens is 316 g/mol. The molecule has 144 valence electrons. The monoisotopic (exact) mass is 352 g/mol. The van der Waals surface area contributed by atoms with Crippen LogP contribution in [0.1, 0.15) is 39.5 Å². The molecule has 3 saturated heterocycles. The van der Waals surface area contributed by atoms with Crippen molar-refractivity contribution in [2.45, 2.75) is 57.2 Å².